The van der Waals surface area contributed by atoms with Crippen LogP contribution in [0, 0.1) is 0 Å². The first-order valence-corrected chi connectivity index (χ1v) is 6.12. The summed E-state index contributed by atoms with van der Waals surface area (Å²) in [5, 5.41) is 11.9. The maximum atomic E-state index is 8.62. The SMILES string of the molecule is COc1ccccc1Oc1ccc(C(N)=NO)cc1Cl. The van der Waals surface area contributed by atoms with Crippen molar-refractivity contribution in [2.45, 2.75) is 0 Å². The third-order valence-electron chi connectivity index (χ3n) is 2.62. The van der Waals surface area contributed by atoms with Crippen LogP contribution in [0.25, 0.3) is 0 Å². The molecule has 0 bridgehead atoms. The van der Waals surface area contributed by atoms with Crippen molar-refractivity contribution in [2.24, 2.45) is 10.9 Å². The number of methoxy groups -OCH3 is 1. The predicted octanol–water partition coefficient (Wildman–Crippen LogP) is 3.24. The summed E-state index contributed by atoms with van der Waals surface area (Å²) in [6.07, 6.45) is 0. The summed E-state index contributed by atoms with van der Waals surface area (Å²) < 4.78 is 10.9. The van der Waals surface area contributed by atoms with Crippen molar-refractivity contribution in [3.63, 3.8) is 0 Å². The molecule has 0 heterocycles. The van der Waals surface area contributed by atoms with E-state index in [2.05, 4.69) is 5.16 Å². The Hall–Kier alpha value is -2.40. The molecule has 0 fully saturated rings. The molecule has 104 valence electrons. The van der Waals surface area contributed by atoms with Gasteiger partial charge in [-0.25, -0.2) is 0 Å². The number of halogens is 1. The van der Waals surface area contributed by atoms with Crippen LogP contribution < -0.4 is 15.2 Å². The molecule has 0 spiro atoms. The smallest absolute Gasteiger partial charge is 0.170 e. The van der Waals surface area contributed by atoms with Crippen LogP contribution >= 0.6 is 11.6 Å². The molecule has 2 aromatic rings. The van der Waals surface area contributed by atoms with Gasteiger partial charge in [-0.1, -0.05) is 28.9 Å². The number of oxime groups is 1. The van der Waals surface area contributed by atoms with Crippen molar-refractivity contribution in [3.05, 3.63) is 53.1 Å². The standard InChI is InChI=1S/C14H13ClN2O3/c1-19-12-4-2-3-5-13(12)20-11-7-6-9(8-10(11)15)14(16)17-18/h2-8,18H,1H3,(H2,16,17). The molecule has 0 saturated heterocycles. The molecule has 0 aliphatic heterocycles. The number of amidine groups is 1. The molecule has 2 aromatic carbocycles. The van der Waals surface area contributed by atoms with E-state index < -0.39 is 0 Å². The number of benzene rings is 2. The van der Waals surface area contributed by atoms with Gasteiger partial charge in [-0.3, -0.25) is 0 Å². The van der Waals surface area contributed by atoms with E-state index in [9.17, 15) is 0 Å². The van der Waals surface area contributed by atoms with Crippen LogP contribution in [-0.4, -0.2) is 18.2 Å². The predicted molar refractivity (Wildman–Crippen MR) is 77.0 cm³/mol. The van der Waals surface area contributed by atoms with Gasteiger partial charge in [-0.2, -0.15) is 0 Å². The molecular weight excluding hydrogens is 280 g/mol. The van der Waals surface area contributed by atoms with Gasteiger partial charge in [0.1, 0.15) is 5.75 Å². The number of nitrogens with zero attached hydrogens (tertiary/aromatic N) is 1. The number of ether oxygens (including phenoxy) is 2. The highest BCUT2D eigenvalue weighted by atomic mass is 35.5. The summed E-state index contributed by atoms with van der Waals surface area (Å²) in [5.41, 5.74) is 6.00. The van der Waals surface area contributed by atoms with Gasteiger partial charge in [-0.05, 0) is 30.3 Å². The minimum atomic E-state index is -0.0178. The first-order chi connectivity index (χ1) is 9.65. The van der Waals surface area contributed by atoms with Gasteiger partial charge in [0.2, 0.25) is 0 Å². The number of hydrogen-bond acceptors (Lipinski definition) is 4. The summed E-state index contributed by atoms with van der Waals surface area (Å²) in [7, 11) is 1.56. The van der Waals surface area contributed by atoms with Gasteiger partial charge < -0.3 is 20.4 Å². The van der Waals surface area contributed by atoms with Gasteiger partial charge in [-0.15, -0.1) is 0 Å². The summed E-state index contributed by atoms with van der Waals surface area (Å²) in [5.74, 6) is 1.58. The molecule has 3 N–H and O–H groups in total. The van der Waals surface area contributed by atoms with Crippen molar-refractivity contribution in [1.29, 1.82) is 0 Å². The lowest BCUT2D eigenvalue weighted by Gasteiger charge is -2.11. The Bertz CT molecular complexity index is 644. The highest BCUT2D eigenvalue weighted by Crippen LogP contribution is 2.35. The Morgan fingerprint density at radius 1 is 1.15 bits per heavy atom. The van der Waals surface area contributed by atoms with Crippen LogP contribution in [0.3, 0.4) is 0 Å². The normalized spacial score (nSPS) is 11.2. The maximum absolute atomic E-state index is 8.62. The third-order valence-corrected chi connectivity index (χ3v) is 2.92. The second-order valence-electron chi connectivity index (χ2n) is 3.88. The Morgan fingerprint density at radius 2 is 1.85 bits per heavy atom. The van der Waals surface area contributed by atoms with Crippen molar-refractivity contribution in [3.8, 4) is 17.2 Å². The lowest BCUT2D eigenvalue weighted by molar-refractivity contribution is 0.318. The quantitative estimate of drug-likeness (QED) is 0.392. The molecule has 6 heteroatoms. The molecule has 20 heavy (non-hydrogen) atoms. The zero-order chi connectivity index (χ0) is 14.5. The maximum Gasteiger partial charge on any atom is 0.170 e. The Balaban J connectivity index is 2.30. The Kier molecular flexibility index (Phi) is 4.32. The largest absolute Gasteiger partial charge is 0.493 e. The molecule has 0 unspecified atom stereocenters. The van der Waals surface area contributed by atoms with Crippen LogP contribution in [0.2, 0.25) is 5.02 Å². The van der Waals surface area contributed by atoms with E-state index in [0.717, 1.165) is 0 Å². The number of nitrogens with two attached hydrogens (primary N) is 1. The van der Waals surface area contributed by atoms with Gasteiger partial charge >= 0.3 is 0 Å². The lowest BCUT2D eigenvalue weighted by Crippen LogP contribution is -2.12. The van der Waals surface area contributed by atoms with Crippen LogP contribution in [0.15, 0.2) is 47.6 Å². The van der Waals surface area contributed by atoms with E-state index in [1.54, 1.807) is 37.4 Å². The molecule has 0 aliphatic carbocycles. The van der Waals surface area contributed by atoms with Gasteiger partial charge in [0.25, 0.3) is 0 Å². The van der Waals surface area contributed by atoms with E-state index in [-0.39, 0.29) is 5.84 Å². The average molecular weight is 293 g/mol. The number of hydrogen-bond donors (Lipinski definition) is 2. The molecule has 0 aromatic heterocycles. The Morgan fingerprint density at radius 3 is 2.45 bits per heavy atom. The zero-order valence-corrected chi connectivity index (χ0v) is 11.5. The summed E-state index contributed by atoms with van der Waals surface area (Å²) in [4.78, 5) is 0. The summed E-state index contributed by atoms with van der Waals surface area (Å²) >= 11 is 6.12. The summed E-state index contributed by atoms with van der Waals surface area (Å²) in [6.45, 7) is 0. The fourth-order valence-electron chi connectivity index (χ4n) is 1.62. The zero-order valence-electron chi connectivity index (χ0n) is 10.7. The van der Waals surface area contributed by atoms with E-state index >= 15 is 0 Å². The lowest BCUT2D eigenvalue weighted by atomic mass is 10.2. The van der Waals surface area contributed by atoms with Crippen LogP contribution in [0.5, 0.6) is 17.2 Å². The minimum absolute atomic E-state index is 0.0178. The van der Waals surface area contributed by atoms with E-state index in [0.29, 0.717) is 27.8 Å². The molecule has 5 nitrogen and oxygen atoms in total. The minimum Gasteiger partial charge on any atom is -0.493 e. The van der Waals surface area contributed by atoms with Gasteiger partial charge in [0.05, 0.1) is 12.1 Å². The number of para-hydroxylation sites is 2. The van der Waals surface area contributed by atoms with E-state index in [1.807, 2.05) is 12.1 Å². The van der Waals surface area contributed by atoms with Gasteiger partial charge in [0.15, 0.2) is 17.3 Å². The fraction of sp³-hybridized carbons (Fsp3) is 0.0714. The summed E-state index contributed by atoms with van der Waals surface area (Å²) in [6, 6.07) is 12.1. The van der Waals surface area contributed by atoms with Crippen LogP contribution in [0.1, 0.15) is 5.56 Å². The van der Waals surface area contributed by atoms with E-state index in [1.165, 1.54) is 0 Å². The van der Waals surface area contributed by atoms with Crippen molar-refractivity contribution < 1.29 is 14.7 Å². The molecule has 0 aliphatic rings. The van der Waals surface area contributed by atoms with Gasteiger partial charge in [0, 0.05) is 5.56 Å². The van der Waals surface area contributed by atoms with Crippen molar-refractivity contribution >= 4 is 17.4 Å². The topological polar surface area (TPSA) is 77.1 Å². The molecule has 0 radical (unpaired) electrons. The third kappa shape index (κ3) is 2.95. The molecule has 2 rings (SSSR count). The number of rotatable bonds is 4. The highest BCUT2D eigenvalue weighted by Gasteiger charge is 2.09. The highest BCUT2D eigenvalue weighted by molar-refractivity contribution is 6.32. The Labute approximate surface area is 121 Å². The van der Waals surface area contributed by atoms with Crippen LogP contribution in [0.4, 0.5) is 0 Å². The molecule has 0 amide bonds. The average Bonchev–Trinajstić information content (AvgIpc) is 2.49. The monoisotopic (exact) mass is 292 g/mol. The molecule has 0 atom stereocenters. The fourth-order valence-corrected chi connectivity index (χ4v) is 1.84. The van der Waals surface area contributed by atoms with Crippen molar-refractivity contribution in [1.82, 2.24) is 0 Å². The molecular formula is C14H13ClN2O3. The molecule has 0 saturated carbocycles. The second-order valence-corrected chi connectivity index (χ2v) is 4.29. The first-order valence-electron chi connectivity index (χ1n) is 5.74. The van der Waals surface area contributed by atoms with Crippen LogP contribution in [-0.2, 0) is 0 Å². The first kappa shape index (κ1) is 14.0. The second kappa shape index (κ2) is 6.16. The van der Waals surface area contributed by atoms with E-state index in [4.69, 9.17) is 32.0 Å². The van der Waals surface area contributed by atoms with Crippen molar-refractivity contribution in [2.75, 3.05) is 7.11 Å².